The maximum atomic E-state index is 9.48. The molecule has 0 amide bonds. The van der Waals surface area contributed by atoms with Gasteiger partial charge in [-0.05, 0) is 35.6 Å². The molecule has 0 radical (unpaired) electrons. The van der Waals surface area contributed by atoms with E-state index in [1.165, 1.54) is 10.4 Å². The lowest BCUT2D eigenvalue weighted by Gasteiger charge is -2.41. The van der Waals surface area contributed by atoms with Crippen molar-refractivity contribution in [2.45, 2.75) is 25.6 Å². The van der Waals surface area contributed by atoms with Gasteiger partial charge in [0.1, 0.15) is 12.4 Å². The molecular formula is C20H28N2O3S. The van der Waals surface area contributed by atoms with Crippen LogP contribution in [0.5, 0.6) is 5.75 Å². The molecule has 2 aromatic rings. The van der Waals surface area contributed by atoms with Crippen LogP contribution in [0.4, 0.5) is 0 Å². The Morgan fingerprint density at radius 1 is 1.08 bits per heavy atom. The van der Waals surface area contributed by atoms with Gasteiger partial charge in [-0.1, -0.05) is 18.2 Å². The van der Waals surface area contributed by atoms with Gasteiger partial charge in [-0.25, -0.2) is 0 Å². The van der Waals surface area contributed by atoms with Gasteiger partial charge in [0, 0.05) is 50.2 Å². The zero-order valence-corrected chi connectivity index (χ0v) is 15.9. The SMILES string of the molecule is OCCOc1cccc(CN2CCN(Cc3cccs3)C(CCO)C2)c1. The average molecular weight is 377 g/mol. The summed E-state index contributed by atoms with van der Waals surface area (Å²) in [6.45, 7) is 5.43. The number of thiophene rings is 1. The van der Waals surface area contributed by atoms with Crippen LogP contribution in [0.3, 0.4) is 0 Å². The number of ether oxygens (including phenoxy) is 1. The molecule has 1 unspecified atom stereocenters. The molecule has 1 atom stereocenters. The third-order valence-electron chi connectivity index (χ3n) is 4.75. The van der Waals surface area contributed by atoms with E-state index in [2.05, 4.69) is 39.4 Å². The smallest absolute Gasteiger partial charge is 0.119 e. The van der Waals surface area contributed by atoms with Crippen molar-refractivity contribution in [3.05, 3.63) is 52.2 Å². The summed E-state index contributed by atoms with van der Waals surface area (Å²) in [4.78, 5) is 6.34. The lowest BCUT2D eigenvalue weighted by molar-refractivity contribution is 0.0506. The number of nitrogens with zero attached hydrogens (tertiary/aromatic N) is 2. The summed E-state index contributed by atoms with van der Waals surface area (Å²) in [7, 11) is 0. The van der Waals surface area contributed by atoms with Crippen LogP contribution in [0.15, 0.2) is 41.8 Å². The third kappa shape index (κ3) is 5.53. The molecule has 2 N–H and O–H groups in total. The summed E-state index contributed by atoms with van der Waals surface area (Å²) >= 11 is 1.80. The van der Waals surface area contributed by atoms with E-state index < -0.39 is 0 Å². The minimum atomic E-state index is 0.0271. The Labute approximate surface area is 159 Å². The standard InChI is InChI=1S/C20H28N2O3S/c23-9-6-18-15-21(7-8-22(18)16-20-5-2-12-26-20)14-17-3-1-4-19(13-17)25-11-10-24/h1-5,12-13,18,23-24H,6-11,14-16H2. The van der Waals surface area contributed by atoms with E-state index >= 15 is 0 Å². The number of hydrogen-bond donors (Lipinski definition) is 2. The molecule has 0 spiro atoms. The maximum Gasteiger partial charge on any atom is 0.119 e. The molecule has 3 rings (SSSR count). The number of aliphatic hydroxyl groups excluding tert-OH is 2. The van der Waals surface area contributed by atoms with Crippen molar-refractivity contribution >= 4 is 11.3 Å². The topological polar surface area (TPSA) is 56.2 Å². The van der Waals surface area contributed by atoms with Crippen LogP contribution in [0.1, 0.15) is 16.9 Å². The number of aliphatic hydroxyl groups is 2. The van der Waals surface area contributed by atoms with Gasteiger partial charge in [0.25, 0.3) is 0 Å². The zero-order valence-electron chi connectivity index (χ0n) is 15.1. The number of rotatable bonds is 9. The first kappa shape index (κ1) is 19.3. The second-order valence-electron chi connectivity index (χ2n) is 6.67. The highest BCUT2D eigenvalue weighted by Gasteiger charge is 2.26. The fraction of sp³-hybridized carbons (Fsp3) is 0.500. The van der Waals surface area contributed by atoms with Gasteiger partial charge in [-0.3, -0.25) is 9.80 Å². The predicted octanol–water partition coefficient (Wildman–Crippen LogP) is 2.19. The molecule has 0 bridgehead atoms. The monoisotopic (exact) mass is 376 g/mol. The Balaban J connectivity index is 1.58. The first-order valence-electron chi connectivity index (χ1n) is 9.20. The van der Waals surface area contributed by atoms with Crippen LogP contribution < -0.4 is 4.74 Å². The highest BCUT2D eigenvalue weighted by molar-refractivity contribution is 7.09. The molecule has 0 aliphatic carbocycles. The van der Waals surface area contributed by atoms with Crippen molar-refractivity contribution in [1.29, 1.82) is 0 Å². The van der Waals surface area contributed by atoms with E-state index in [1.807, 2.05) is 12.1 Å². The van der Waals surface area contributed by atoms with Gasteiger partial charge in [-0.15, -0.1) is 11.3 Å². The second kappa shape index (κ2) is 10.0. The molecule has 0 saturated carbocycles. The van der Waals surface area contributed by atoms with Crippen molar-refractivity contribution in [2.75, 3.05) is 39.5 Å². The van der Waals surface area contributed by atoms with E-state index in [4.69, 9.17) is 9.84 Å². The van der Waals surface area contributed by atoms with Crippen LogP contribution in [0.2, 0.25) is 0 Å². The Hall–Kier alpha value is -1.44. The molecule has 26 heavy (non-hydrogen) atoms. The first-order chi connectivity index (χ1) is 12.8. The highest BCUT2D eigenvalue weighted by Crippen LogP contribution is 2.21. The highest BCUT2D eigenvalue weighted by atomic mass is 32.1. The lowest BCUT2D eigenvalue weighted by atomic mass is 10.1. The van der Waals surface area contributed by atoms with Crippen molar-refractivity contribution in [2.24, 2.45) is 0 Å². The van der Waals surface area contributed by atoms with Gasteiger partial charge in [-0.2, -0.15) is 0 Å². The quantitative estimate of drug-likeness (QED) is 0.703. The average Bonchev–Trinajstić information content (AvgIpc) is 3.16. The number of benzene rings is 1. The number of hydrogen-bond acceptors (Lipinski definition) is 6. The van der Waals surface area contributed by atoms with Crippen LogP contribution in [0.25, 0.3) is 0 Å². The summed E-state index contributed by atoms with van der Waals surface area (Å²) in [5, 5.41) is 20.5. The summed E-state index contributed by atoms with van der Waals surface area (Å²) in [6, 6.07) is 12.8. The van der Waals surface area contributed by atoms with Gasteiger partial charge in [0.2, 0.25) is 0 Å². The molecule has 6 heteroatoms. The molecule has 1 aliphatic heterocycles. The van der Waals surface area contributed by atoms with Crippen molar-refractivity contribution in [3.63, 3.8) is 0 Å². The minimum Gasteiger partial charge on any atom is -0.491 e. The molecule has 1 saturated heterocycles. The van der Waals surface area contributed by atoms with Crippen molar-refractivity contribution < 1.29 is 14.9 Å². The fourth-order valence-electron chi connectivity index (χ4n) is 3.49. The lowest BCUT2D eigenvalue weighted by Crippen LogP contribution is -2.52. The summed E-state index contributed by atoms with van der Waals surface area (Å²) < 4.78 is 5.51. The summed E-state index contributed by atoms with van der Waals surface area (Å²) in [5.74, 6) is 0.805. The molecule has 2 heterocycles. The van der Waals surface area contributed by atoms with E-state index in [0.29, 0.717) is 12.6 Å². The van der Waals surface area contributed by atoms with Crippen molar-refractivity contribution in [3.8, 4) is 5.75 Å². The van der Waals surface area contributed by atoms with E-state index in [1.54, 1.807) is 11.3 Å². The summed E-state index contributed by atoms with van der Waals surface area (Å²) in [5.41, 5.74) is 1.22. The van der Waals surface area contributed by atoms with Crippen LogP contribution in [0, 0.1) is 0 Å². The van der Waals surface area contributed by atoms with Crippen molar-refractivity contribution in [1.82, 2.24) is 9.80 Å². The van der Waals surface area contributed by atoms with Gasteiger partial charge < -0.3 is 14.9 Å². The molecular weight excluding hydrogens is 348 g/mol. The normalized spacial score (nSPS) is 18.9. The minimum absolute atomic E-state index is 0.0271. The molecule has 1 aromatic heterocycles. The number of piperazine rings is 1. The zero-order chi connectivity index (χ0) is 18.2. The Kier molecular flexibility index (Phi) is 7.46. The largest absolute Gasteiger partial charge is 0.491 e. The Morgan fingerprint density at radius 2 is 2.00 bits per heavy atom. The Morgan fingerprint density at radius 3 is 2.77 bits per heavy atom. The molecule has 142 valence electrons. The molecule has 1 fully saturated rings. The summed E-state index contributed by atoms with van der Waals surface area (Å²) in [6.07, 6.45) is 0.807. The van der Waals surface area contributed by atoms with Gasteiger partial charge in [0.15, 0.2) is 0 Å². The van der Waals surface area contributed by atoms with Gasteiger partial charge in [0.05, 0.1) is 6.61 Å². The first-order valence-corrected chi connectivity index (χ1v) is 10.1. The van der Waals surface area contributed by atoms with Crippen LogP contribution >= 0.6 is 11.3 Å². The van der Waals surface area contributed by atoms with Crippen LogP contribution in [-0.2, 0) is 13.1 Å². The Bertz CT molecular complexity index is 650. The van der Waals surface area contributed by atoms with Gasteiger partial charge >= 0.3 is 0 Å². The predicted molar refractivity (Wildman–Crippen MR) is 105 cm³/mol. The molecule has 1 aromatic carbocycles. The van der Waals surface area contributed by atoms with Crippen LogP contribution in [-0.4, -0.2) is 65.5 Å². The van der Waals surface area contributed by atoms with E-state index in [9.17, 15) is 5.11 Å². The third-order valence-corrected chi connectivity index (χ3v) is 5.62. The van der Waals surface area contributed by atoms with E-state index in [0.717, 1.165) is 44.9 Å². The second-order valence-corrected chi connectivity index (χ2v) is 7.70. The van der Waals surface area contributed by atoms with E-state index in [-0.39, 0.29) is 13.2 Å². The maximum absolute atomic E-state index is 9.48. The molecule has 5 nitrogen and oxygen atoms in total. The molecule has 1 aliphatic rings. The fourth-order valence-corrected chi connectivity index (χ4v) is 4.22.